The van der Waals surface area contributed by atoms with E-state index in [0.717, 1.165) is 10.0 Å². The predicted octanol–water partition coefficient (Wildman–Crippen LogP) is 3.88. The molecule has 2 rings (SSSR count). The quantitative estimate of drug-likeness (QED) is 0.247. The zero-order valence-electron chi connectivity index (χ0n) is 19.7. The van der Waals surface area contributed by atoms with E-state index >= 15 is 0 Å². The van der Waals surface area contributed by atoms with Crippen LogP contribution < -0.4 is 25.6 Å². The van der Waals surface area contributed by atoms with Crippen molar-refractivity contribution in [1.82, 2.24) is 16.2 Å². The molecule has 0 unspecified atom stereocenters. The minimum absolute atomic E-state index is 0.000406. The first-order valence-corrected chi connectivity index (χ1v) is 11.9. The molecule has 0 saturated carbocycles. The van der Waals surface area contributed by atoms with Gasteiger partial charge in [0.2, 0.25) is 0 Å². The van der Waals surface area contributed by atoms with Crippen LogP contribution >= 0.6 is 28.1 Å². The summed E-state index contributed by atoms with van der Waals surface area (Å²) in [6, 6.07) is 12.4. The molecule has 0 saturated heterocycles. The van der Waals surface area contributed by atoms with Crippen molar-refractivity contribution < 1.29 is 23.8 Å². The van der Waals surface area contributed by atoms with Gasteiger partial charge in [0.25, 0.3) is 11.8 Å². The van der Waals surface area contributed by atoms with E-state index in [9.17, 15) is 9.59 Å². The number of hydrazine groups is 1. The molecule has 8 nitrogen and oxygen atoms in total. The highest BCUT2D eigenvalue weighted by Gasteiger charge is 2.16. The first-order chi connectivity index (χ1) is 16.1. The van der Waals surface area contributed by atoms with E-state index in [0.29, 0.717) is 36.9 Å². The van der Waals surface area contributed by atoms with Gasteiger partial charge < -0.3 is 14.2 Å². The number of benzene rings is 2. The number of hydrogen-bond donors (Lipinski definition) is 3. The molecule has 0 aliphatic rings. The largest absolute Gasteiger partial charge is 0.491 e. The fraction of sp³-hybridized carbons (Fsp3) is 0.375. The van der Waals surface area contributed by atoms with Crippen LogP contribution in [0.25, 0.3) is 0 Å². The number of halogens is 1. The Balaban J connectivity index is 1.77. The third kappa shape index (κ3) is 9.28. The van der Waals surface area contributed by atoms with Crippen molar-refractivity contribution in [3.63, 3.8) is 0 Å². The van der Waals surface area contributed by atoms with Crippen molar-refractivity contribution in [1.29, 1.82) is 0 Å². The van der Waals surface area contributed by atoms with Crippen LogP contribution in [0, 0.1) is 0 Å². The molecule has 2 aromatic carbocycles. The molecule has 0 atom stereocenters. The smallest absolute Gasteiger partial charge is 0.276 e. The van der Waals surface area contributed by atoms with Crippen LogP contribution in [0.15, 0.2) is 46.9 Å². The highest BCUT2D eigenvalue weighted by Crippen LogP contribution is 2.31. The number of hydrogen-bond acceptors (Lipinski definition) is 6. The summed E-state index contributed by atoms with van der Waals surface area (Å²) in [6.07, 6.45) is 0. The molecule has 0 heterocycles. The number of nitrogens with one attached hydrogen (secondary N) is 3. The number of carbonyl (C=O) groups excluding carboxylic acids is 2. The van der Waals surface area contributed by atoms with Crippen molar-refractivity contribution >= 4 is 45.1 Å². The van der Waals surface area contributed by atoms with Gasteiger partial charge in [-0.15, -0.1) is 0 Å². The van der Waals surface area contributed by atoms with Gasteiger partial charge in [-0.1, -0.05) is 32.9 Å². The maximum Gasteiger partial charge on any atom is 0.276 e. The van der Waals surface area contributed by atoms with Crippen molar-refractivity contribution in [2.75, 3.05) is 26.4 Å². The Hall–Kier alpha value is -2.69. The van der Waals surface area contributed by atoms with E-state index in [1.54, 1.807) is 24.3 Å². The lowest BCUT2D eigenvalue weighted by Crippen LogP contribution is -2.49. The molecule has 34 heavy (non-hydrogen) atoms. The highest BCUT2D eigenvalue weighted by atomic mass is 79.9. The monoisotopic (exact) mass is 551 g/mol. The maximum atomic E-state index is 12.4. The normalized spacial score (nSPS) is 10.9. The van der Waals surface area contributed by atoms with Crippen LogP contribution in [0.4, 0.5) is 0 Å². The molecule has 0 aliphatic heterocycles. The fourth-order valence-corrected chi connectivity index (χ4v) is 3.32. The zero-order valence-corrected chi connectivity index (χ0v) is 22.1. The minimum Gasteiger partial charge on any atom is -0.491 e. The number of rotatable bonds is 9. The van der Waals surface area contributed by atoms with Gasteiger partial charge in [-0.05, 0) is 76.4 Å². The molecule has 0 aliphatic carbocycles. The standard InChI is InChI=1S/C24H30BrN3O5S/c1-5-31-11-12-32-18-8-6-7-16(13-18)22(30)26-23(34)28-27-21(29)15-33-20-10-9-17(14-19(20)25)24(2,3)4/h6-10,13-14H,5,11-12,15H2,1-4H3,(H,27,29)(H2,26,28,30,34). The highest BCUT2D eigenvalue weighted by molar-refractivity contribution is 9.10. The van der Waals surface area contributed by atoms with Gasteiger partial charge in [0.05, 0.1) is 11.1 Å². The average molecular weight is 552 g/mol. The minimum atomic E-state index is -0.465. The van der Waals surface area contributed by atoms with Crippen LogP contribution in [0.2, 0.25) is 0 Å². The molecule has 0 radical (unpaired) electrons. The number of ether oxygens (including phenoxy) is 3. The van der Waals surface area contributed by atoms with Gasteiger partial charge in [0, 0.05) is 12.2 Å². The van der Waals surface area contributed by atoms with E-state index in [1.165, 1.54) is 0 Å². The van der Waals surface area contributed by atoms with Gasteiger partial charge in [-0.25, -0.2) is 0 Å². The third-order valence-electron chi connectivity index (χ3n) is 4.50. The van der Waals surface area contributed by atoms with Crippen LogP contribution in [0.3, 0.4) is 0 Å². The zero-order chi connectivity index (χ0) is 25.1. The van der Waals surface area contributed by atoms with E-state index in [2.05, 4.69) is 52.9 Å². The Kier molecular flexibility index (Phi) is 10.7. The van der Waals surface area contributed by atoms with Crippen LogP contribution in [-0.4, -0.2) is 43.4 Å². The van der Waals surface area contributed by atoms with Gasteiger partial charge in [0.15, 0.2) is 11.7 Å². The maximum absolute atomic E-state index is 12.4. The number of thiocarbonyl (C=S) groups is 1. The topological polar surface area (TPSA) is 97.9 Å². The lowest BCUT2D eigenvalue weighted by molar-refractivity contribution is -0.123. The lowest BCUT2D eigenvalue weighted by Gasteiger charge is -2.20. The van der Waals surface area contributed by atoms with Gasteiger partial charge >= 0.3 is 0 Å². The van der Waals surface area contributed by atoms with Gasteiger partial charge in [0.1, 0.15) is 18.1 Å². The summed E-state index contributed by atoms with van der Waals surface area (Å²) in [7, 11) is 0. The second kappa shape index (κ2) is 13.3. The van der Waals surface area contributed by atoms with E-state index in [1.807, 2.05) is 25.1 Å². The Morgan fingerprint density at radius 1 is 1.03 bits per heavy atom. The van der Waals surface area contributed by atoms with Crippen molar-refractivity contribution in [3.8, 4) is 11.5 Å². The van der Waals surface area contributed by atoms with Crippen LogP contribution in [0.5, 0.6) is 11.5 Å². The first kappa shape index (κ1) is 27.6. The van der Waals surface area contributed by atoms with Gasteiger partial charge in [-0.2, -0.15) is 0 Å². The fourth-order valence-electron chi connectivity index (χ4n) is 2.69. The molecule has 0 fully saturated rings. The average Bonchev–Trinajstić information content (AvgIpc) is 2.79. The molecule has 2 amide bonds. The van der Waals surface area contributed by atoms with E-state index in [-0.39, 0.29) is 17.1 Å². The summed E-state index contributed by atoms with van der Waals surface area (Å²) < 4.78 is 17.1. The second-order valence-electron chi connectivity index (χ2n) is 8.21. The van der Waals surface area contributed by atoms with Crippen LogP contribution in [-0.2, 0) is 14.9 Å². The molecule has 3 N–H and O–H groups in total. The molecular weight excluding hydrogens is 522 g/mol. The number of carbonyl (C=O) groups is 2. The molecule has 2 aromatic rings. The van der Waals surface area contributed by atoms with Crippen molar-refractivity contribution in [2.45, 2.75) is 33.1 Å². The van der Waals surface area contributed by atoms with Crippen LogP contribution in [0.1, 0.15) is 43.6 Å². The Morgan fingerprint density at radius 3 is 2.47 bits per heavy atom. The molecule has 0 bridgehead atoms. The summed E-state index contributed by atoms with van der Waals surface area (Å²) >= 11 is 8.55. The molecule has 0 aromatic heterocycles. The second-order valence-corrected chi connectivity index (χ2v) is 9.48. The molecule has 10 heteroatoms. The summed E-state index contributed by atoms with van der Waals surface area (Å²) in [5.74, 6) is 0.176. The Labute approximate surface area is 213 Å². The van der Waals surface area contributed by atoms with E-state index in [4.69, 9.17) is 26.4 Å². The Bertz CT molecular complexity index is 1010. The lowest BCUT2D eigenvalue weighted by atomic mass is 9.87. The summed E-state index contributed by atoms with van der Waals surface area (Å²) in [5, 5.41) is 2.44. The number of amides is 2. The third-order valence-corrected chi connectivity index (χ3v) is 5.32. The van der Waals surface area contributed by atoms with Crippen molar-refractivity contribution in [2.24, 2.45) is 0 Å². The summed E-state index contributed by atoms with van der Waals surface area (Å²) in [5.41, 5.74) is 6.38. The van der Waals surface area contributed by atoms with E-state index < -0.39 is 11.8 Å². The summed E-state index contributed by atoms with van der Waals surface area (Å²) in [6.45, 7) is 9.47. The first-order valence-electron chi connectivity index (χ1n) is 10.7. The molecule has 184 valence electrons. The van der Waals surface area contributed by atoms with Crippen molar-refractivity contribution in [3.05, 3.63) is 58.1 Å². The van der Waals surface area contributed by atoms with Gasteiger partial charge in [-0.3, -0.25) is 25.8 Å². The molecule has 0 spiro atoms. The summed E-state index contributed by atoms with van der Waals surface area (Å²) in [4.78, 5) is 24.5. The predicted molar refractivity (Wildman–Crippen MR) is 138 cm³/mol. The SMILES string of the molecule is CCOCCOc1cccc(C(=O)NC(=S)NNC(=O)COc2ccc(C(C)(C)C)cc2Br)c1. The molecular formula is C24H30BrN3O5S. The Morgan fingerprint density at radius 2 is 1.79 bits per heavy atom.